The van der Waals surface area contributed by atoms with E-state index in [4.69, 9.17) is 11.5 Å². The lowest BCUT2D eigenvalue weighted by atomic mass is 10.2. The minimum Gasteiger partial charge on any atom is -0.399 e. The maximum atomic E-state index is 10.5. The summed E-state index contributed by atoms with van der Waals surface area (Å²) in [4.78, 5) is 21.3. The Morgan fingerprint density at radius 2 is 1.89 bits per heavy atom. The first-order valence-corrected chi connectivity index (χ1v) is 6.54. The van der Waals surface area contributed by atoms with Gasteiger partial charge in [-0.05, 0) is 46.3 Å². The molecule has 0 unspecified atom stereocenters. The van der Waals surface area contributed by atoms with Gasteiger partial charge in [-0.2, -0.15) is 0 Å². The number of rotatable bonds is 2. The smallest absolute Gasteiger partial charge is 0.248 e. The molecule has 0 saturated heterocycles. The lowest BCUT2D eigenvalue weighted by Gasteiger charge is -1.93. The van der Waals surface area contributed by atoms with Crippen molar-refractivity contribution in [1.82, 2.24) is 0 Å². The summed E-state index contributed by atoms with van der Waals surface area (Å²) in [6.45, 7) is 0. The van der Waals surface area contributed by atoms with Crippen LogP contribution in [-0.4, -0.2) is 12.2 Å². The molecule has 0 atom stereocenters. The van der Waals surface area contributed by atoms with Crippen molar-refractivity contribution in [3.05, 3.63) is 50.6 Å². The summed E-state index contributed by atoms with van der Waals surface area (Å²) in [5, 5.41) is 1.88. The van der Waals surface area contributed by atoms with E-state index >= 15 is 0 Å². The van der Waals surface area contributed by atoms with E-state index in [0.29, 0.717) is 11.3 Å². The van der Waals surface area contributed by atoms with Gasteiger partial charge in [-0.1, -0.05) is 0 Å². The van der Waals surface area contributed by atoms with Gasteiger partial charge in [0.05, 0.1) is 4.88 Å². The number of primary amides is 1. The normalized spacial score (nSPS) is 9.17. The molecule has 2 aromatic rings. The number of hydrogen-bond donors (Lipinski definition) is 2. The average Bonchev–Trinajstić information content (AvgIpc) is 2.76. The van der Waals surface area contributed by atoms with Gasteiger partial charge in [0.1, 0.15) is 0 Å². The maximum absolute atomic E-state index is 10.5. The Morgan fingerprint density at radius 1 is 1.28 bits per heavy atom. The Bertz CT molecular complexity index is 537. The minimum absolute atomic E-state index is 0.431. The molecule has 6 heteroatoms. The zero-order valence-electron chi connectivity index (χ0n) is 9.30. The fourth-order valence-corrected chi connectivity index (χ4v) is 2.28. The number of carbonyl (C=O) groups is 2. The van der Waals surface area contributed by atoms with E-state index in [-0.39, 0.29) is 0 Å². The van der Waals surface area contributed by atoms with Crippen molar-refractivity contribution in [1.29, 1.82) is 0 Å². The molecule has 1 aromatic heterocycles. The Kier molecular flexibility index (Phi) is 5.54. The van der Waals surface area contributed by atoms with Crippen molar-refractivity contribution in [2.45, 2.75) is 0 Å². The van der Waals surface area contributed by atoms with Gasteiger partial charge in [-0.3, -0.25) is 9.59 Å². The van der Waals surface area contributed by atoms with E-state index in [9.17, 15) is 9.59 Å². The second-order valence-corrected chi connectivity index (χ2v) is 5.13. The fraction of sp³-hybridized carbons (Fsp3) is 0. The average molecular weight is 327 g/mol. The van der Waals surface area contributed by atoms with E-state index in [0.717, 1.165) is 15.6 Å². The molecule has 2 rings (SSSR count). The number of hydrogen-bond acceptors (Lipinski definition) is 4. The molecule has 18 heavy (non-hydrogen) atoms. The predicted molar refractivity (Wildman–Crippen MR) is 76.8 cm³/mol. The highest BCUT2D eigenvalue weighted by atomic mass is 79.9. The first kappa shape index (κ1) is 14.4. The van der Waals surface area contributed by atoms with Crippen molar-refractivity contribution in [2.24, 2.45) is 5.73 Å². The Balaban J connectivity index is 0.000000184. The Labute approximate surface area is 117 Å². The van der Waals surface area contributed by atoms with Crippen LogP contribution < -0.4 is 11.5 Å². The van der Waals surface area contributed by atoms with Crippen molar-refractivity contribution in [2.75, 3.05) is 5.73 Å². The van der Waals surface area contributed by atoms with Crippen LogP contribution in [-0.2, 0) is 0 Å². The van der Waals surface area contributed by atoms with Crippen LogP contribution in [0.15, 0.2) is 40.2 Å². The third kappa shape index (κ3) is 4.68. The summed E-state index contributed by atoms with van der Waals surface area (Å²) >= 11 is 4.66. The molecule has 0 bridgehead atoms. The quantitative estimate of drug-likeness (QED) is 0.657. The van der Waals surface area contributed by atoms with Crippen LogP contribution in [0.3, 0.4) is 0 Å². The van der Waals surface area contributed by atoms with E-state index < -0.39 is 5.91 Å². The van der Waals surface area contributed by atoms with Crippen LogP contribution in [0.5, 0.6) is 0 Å². The molecule has 0 spiro atoms. The van der Waals surface area contributed by atoms with Gasteiger partial charge in [0.2, 0.25) is 5.91 Å². The van der Waals surface area contributed by atoms with Gasteiger partial charge in [-0.25, -0.2) is 0 Å². The molecular formula is C12H11BrN2O2S. The van der Waals surface area contributed by atoms with Crippen LogP contribution in [0.2, 0.25) is 0 Å². The van der Waals surface area contributed by atoms with E-state index in [2.05, 4.69) is 15.9 Å². The molecule has 1 heterocycles. The third-order valence-corrected chi connectivity index (χ3v) is 3.52. The number of carbonyl (C=O) groups excluding carboxylic acids is 2. The molecule has 4 nitrogen and oxygen atoms in total. The third-order valence-electron chi connectivity index (χ3n) is 1.90. The van der Waals surface area contributed by atoms with Crippen molar-refractivity contribution in [3.63, 3.8) is 0 Å². The molecule has 0 aliphatic heterocycles. The molecule has 1 amide bonds. The van der Waals surface area contributed by atoms with Crippen LogP contribution in [0, 0.1) is 0 Å². The summed E-state index contributed by atoms with van der Waals surface area (Å²) in [7, 11) is 0. The van der Waals surface area contributed by atoms with E-state index in [1.807, 2.05) is 5.38 Å². The second kappa shape index (κ2) is 6.93. The number of aldehydes is 1. The largest absolute Gasteiger partial charge is 0.399 e. The molecule has 0 fully saturated rings. The zero-order chi connectivity index (χ0) is 13.5. The standard InChI is InChI=1S/C7H8N2O.C5H3BrOS/c8-6-3-1-5(2-4-6)7(9)10;6-4-1-5(2-7)8-3-4/h1-4H,8H2,(H2,9,10);1-3H. The highest BCUT2D eigenvalue weighted by Crippen LogP contribution is 2.17. The lowest BCUT2D eigenvalue weighted by molar-refractivity contribution is 0.1000. The molecular weight excluding hydrogens is 316 g/mol. The van der Waals surface area contributed by atoms with E-state index in [1.165, 1.54) is 11.3 Å². The second-order valence-electron chi connectivity index (χ2n) is 3.27. The molecule has 1 aromatic carbocycles. The van der Waals surface area contributed by atoms with Gasteiger partial charge in [0.25, 0.3) is 0 Å². The van der Waals surface area contributed by atoms with Gasteiger partial charge in [0.15, 0.2) is 6.29 Å². The molecule has 0 aliphatic carbocycles. The number of benzene rings is 1. The SMILES string of the molecule is NC(=O)c1ccc(N)cc1.O=Cc1cc(Br)cs1. The van der Waals surface area contributed by atoms with E-state index in [1.54, 1.807) is 30.3 Å². The van der Waals surface area contributed by atoms with Crippen LogP contribution in [0.25, 0.3) is 0 Å². The topological polar surface area (TPSA) is 86.2 Å². The lowest BCUT2D eigenvalue weighted by Crippen LogP contribution is -2.10. The maximum Gasteiger partial charge on any atom is 0.248 e. The molecule has 0 aliphatic rings. The van der Waals surface area contributed by atoms with Crippen LogP contribution >= 0.6 is 27.3 Å². The number of anilines is 1. The Morgan fingerprint density at radius 3 is 2.22 bits per heavy atom. The summed E-state index contributed by atoms with van der Waals surface area (Å²) in [6.07, 6.45) is 0.843. The van der Waals surface area contributed by atoms with Gasteiger partial charge >= 0.3 is 0 Å². The van der Waals surface area contributed by atoms with Gasteiger partial charge in [-0.15, -0.1) is 11.3 Å². The van der Waals surface area contributed by atoms with Gasteiger partial charge in [0, 0.05) is 21.1 Å². The number of amides is 1. The first-order chi connectivity index (χ1) is 8.52. The molecule has 94 valence electrons. The van der Waals surface area contributed by atoms with Crippen LogP contribution in [0.4, 0.5) is 5.69 Å². The molecule has 4 N–H and O–H groups in total. The van der Waals surface area contributed by atoms with Crippen molar-refractivity contribution in [3.8, 4) is 0 Å². The summed E-state index contributed by atoms with van der Waals surface area (Å²) in [5.74, 6) is -0.431. The summed E-state index contributed by atoms with van der Waals surface area (Å²) < 4.78 is 0.976. The number of halogens is 1. The highest BCUT2D eigenvalue weighted by molar-refractivity contribution is 9.10. The minimum atomic E-state index is -0.431. The van der Waals surface area contributed by atoms with Crippen molar-refractivity contribution < 1.29 is 9.59 Å². The molecule has 0 radical (unpaired) electrons. The summed E-state index contributed by atoms with van der Waals surface area (Å²) in [6, 6.07) is 8.26. The highest BCUT2D eigenvalue weighted by Gasteiger charge is 1.96. The Hall–Kier alpha value is -1.66. The van der Waals surface area contributed by atoms with Crippen LogP contribution in [0.1, 0.15) is 20.0 Å². The zero-order valence-corrected chi connectivity index (χ0v) is 11.7. The first-order valence-electron chi connectivity index (χ1n) is 4.87. The van der Waals surface area contributed by atoms with Crippen molar-refractivity contribution >= 4 is 45.1 Å². The fourth-order valence-electron chi connectivity index (χ4n) is 1.04. The molecule has 0 saturated carbocycles. The summed E-state index contributed by atoms with van der Waals surface area (Å²) in [5.41, 5.74) is 11.5. The number of thiophene rings is 1. The predicted octanol–water partition coefficient (Wildman–Crippen LogP) is 2.69. The number of nitrogens with two attached hydrogens (primary N) is 2. The van der Waals surface area contributed by atoms with Gasteiger partial charge < -0.3 is 11.5 Å². The number of nitrogen functional groups attached to an aromatic ring is 1. The monoisotopic (exact) mass is 326 g/mol.